The largest absolute Gasteiger partial charge is 0.491 e. The van der Waals surface area contributed by atoms with Crippen molar-refractivity contribution in [3.63, 3.8) is 0 Å². The molecule has 3 aromatic rings. The lowest BCUT2D eigenvalue weighted by Crippen LogP contribution is -2.34. The number of aliphatic hydroxyl groups excluding tert-OH is 1. The van der Waals surface area contributed by atoms with Crippen molar-refractivity contribution in [1.82, 2.24) is 19.9 Å². The summed E-state index contributed by atoms with van der Waals surface area (Å²) in [4.78, 5) is 16.6. The minimum absolute atomic E-state index is 0.0943. The Kier molecular flexibility index (Phi) is 4.31. The summed E-state index contributed by atoms with van der Waals surface area (Å²) in [6.07, 6.45) is 0.732. The Bertz CT molecular complexity index is 1110. The molecule has 156 valence electrons. The Balaban J connectivity index is 1.23. The number of nitrogens with zero attached hydrogens (tertiary/aromatic N) is 3. The maximum absolute atomic E-state index is 9.87. The summed E-state index contributed by atoms with van der Waals surface area (Å²) >= 11 is 6.50. The van der Waals surface area contributed by atoms with Crippen LogP contribution < -0.4 is 9.47 Å². The van der Waals surface area contributed by atoms with E-state index in [1.807, 2.05) is 12.1 Å². The summed E-state index contributed by atoms with van der Waals surface area (Å²) < 4.78 is 22.8. The maximum atomic E-state index is 9.87. The molecule has 0 saturated carbocycles. The molecule has 0 unspecified atom stereocenters. The van der Waals surface area contributed by atoms with Crippen molar-refractivity contribution in [3.8, 4) is 11.8 Å². The van der Waals surface area contributed by atoms with Gasteiger partial charge in [0.2, 0.25) is 0 Å². The number of fused-ring (bicyclic) bond motifs is 3. The van der Waals surface area contributed by atoms with Crippen molar-refractivity contribution in [2.24, 2.45) is 0 Å². The summed E-state index contributed by atoms with van der Waals surface area (Å²) in [6.45, 7) is 1.13. The zero-order valence-corrected chi connectivity index (χ0v) is 16.6. The van der Waals surface area contributed by atoms with Gasteiger partial charge in [0, 0.05) is 18.5 Å². The highest BCUT2D eigenvalue weighted by Crippen LogP contribution is 2.35. The number of aromatic amines is 1. The molecule has 30 heavy (non-hydrogen) atoms. The van der Waals surface area contributed by atoms with E-state index >= 15 is 0 Å². The van der Waals surface area contributed by atoms with Crippen LogP contribution in [0.5, 0.6) is 11.8 Å². The second-order valence-corrected chi connectivity index (χ2v) is 8.16. The van der Waals surface area contributed by atoms with Crippen LogP contribution in [0.15, 0.2) is 24.4 Å². The molecule has 2 saturated heterocycles. The molecule has 3 aliphatic heterocycles. The Morgan fingerprint density at radius 3 is 3.03 bits per heavy atom. The van der Waals surface area contributed by atoms with Gasteiger partial charge in [0.25, 0.3) is 6.01 Å². The lowest BCUT2D eigenvalue weighted by Gasteiger charge is -2.15. The molecule has 0 aromatic carbocycles. The molecule has 5 atom stereocenters. The van der Waals surface area contributed by atoms with Crippen LogP contribution in [-0.4, -0.2) is 69.3 Å². The van der Waals surface area contributed by atoms with E-state index in [4.69, 9.17) is 30.5 Å². The highest BCUT2D eigenvalue weighted by atomic mass is 35.5. The summed E-state index contributed by atoms with van der Waals surface area (Å²) in [5, 5.41) is 10.4. The van der Waals surface area contributed by atoms with Crippen molar-refractivity contribution in [3.05, 3.63) is 40.8 Å². The molecule has 6 rings (SSSR count). The van der Waals surface area contributed by atoms with Crippen LogP contribution in [0.25, 0.3) is 11.2 Å². The quantitative estimate of drug-likeness (QED) is 0.642. The van der Waals surface area contributed by atoms with Gasteiger partial charge >= 0.3 is 0 Å². The van der Waals surface area contributed by atoms with Crippen LogP contribution >= 0.6 is 11.6 Å². The standard InChI is InChI=1S/C20H19ClN4O5/c21-10-5-12-19(23-11(10)4-9-6-27-14-2-1-3-22-16(9)14)25-20(24-12)30-15-8-29-17-13(26)7-28-18(15)17/h1-3,5,9,13,15,17-18,26H,4,6-8H2,(H,23,24,25)/t9-,13+,15+,17+,18+/m0/s1. The molecule has 0 bridgehead atoms. The van der Waals surface area contributed by atoms with Gasteiger partial charge in [-0.15, -0.1) is 0 Å². The molecule has 10 heteroatoms. The number of hydrogen-bond acceptors (Lipinski definition) is 8. The van der Waals surface area contributed by atoms with Gasteiger partial charge in [0.1, 0.15) is 24.1 Å². The number of pyridine rings is 2. The van der Waals surface area contributed by atoms with Gasteiger partial charge in [-0.2, -0.15) is 4.98 Å². The number of aromatic nitrogens is 4. The monoisotopic (exact) mass is 430 g/mol. The number of nitrogens with one attached hydrogen (secondary N) is 1. The van der Waals surface area contributed by atoms with E-state index in [2.05, 4.69) is 19.9 Å². The van der Waals surface area contributed by atoms with Gasteiger partial charge in [0.15, 0.2) is 11.8 Å². The molecule has 3 aromatic heterocycles. The summed E-state index contributed by atoms with van der Waals surface area (Å²) in [7, 11) is 0. The third-order valence-electron chi connectivity index (χ3n) is 5.79. The van der Waals surface area contributed by atoms with E-state index in [1.54, 1.807) is 12.3 Å². The Morgan fingerprint density at radius 2 is 2.10 bits per heavy atom. The minimum atomic E-state index is -0.624. The van der Waals surface area contributed by atoms with E-state index < -0.39 is 6.10 Å². The lowest BCUT2D eigenvalue weighted by atomic mass is 10.0. The minimum Gasteiger partial charge on any atom is -0.491 e. The first-order valence-electron chi connectivity index (χ1n) is 9.86. The number of H-pyrrole nitrogens is 1. The van der Waals surface area contributed by atoms with Crippen molar-refractivity contribution in [2.75, 3.05) is 19.8 Å². The van der Waals surface area contributed by atoms with E-state index in [-0.39, 0.29) is 30.8 Å². The van der Waals surface area contributed by atoms with Crippen LogP contribution in [0.4, 0.5) is 0 Å². The number of ether oxygens (including phenoxy) is 4. The Labute approximate surface area is 176 Å². The SMILES string of the molecule is O[C@@H]1CO[C@H]2[C@@H]1OC[C@H]2Oc1nc2nc(C[C@H]3COc4cccnc43)c(Cl)cc2[nH]1. The first kappa shape index (κ1) is 18.3. The predicted octanol–water partition coefficient (Wildman–Crippen LogP) is 1.63. The topological polar surface area (TPSA) is 112 Å². The highest BCUT2D eigenvalue weighted by Gasteiger charge is 2.48. The lowest BCUT2D eigenvalue weighted by molar-refractivity contribution is 0.00706. The number of imidazole rings is 1. The van der Waals surface area contributed by atoms with Crippen LogP contribution in [0.1, 0.15) is 17.3 Å². The van der Waals surface area contributed by atoms with Crippen molar-refractivity contribution in [2.45, 2.75) is 36.8 Å². The third kappa shape index (κ3) is 3.01. The summed E-state index contributed by atoms with van der Waals surface area (Å²) in [5.41, 5.74) is 2.87. The molecular formula is C20H19ClN4O5. The molecule has 2 N–H and O–H groups in total. The molecule has 0 amide bonds. The van der Waals surface area contributed by atoms with Gasteiger partial charge in [-0.3, -0.25) is 4.98 Å². The number of hydrogen-bond donors (Lipinski definition) is 2. The molecule has 9 nitrogen and oxygen atoms in total. The van der Waals surface area contributed by atoms with E-state index in [0.29, 0.717) is 41.8 Å². The summed E-state index contributed by atoms with van der Waals surface area (Å²) in [6, 6.07) is 5.90. The normalized spacial score (nSPS) is 29.7. The third-order valence-corrected chi connectivity index (χ3v) is 6.12. The average Bonchev–Trinajstić information content (AvgIpc) is 3.49. The predicted molar refractivity (Wildman–Crippen MR) is 105 cm³/mol. The van der Waals surface area contributed by atoms with Crippen LogP contribution in [0.2, 0.25) is 5.02 Å². The Hall–Kier alpha value is -2.46. The molecule has 3 aliphatic rings. The molecule has 0 aliphatic carbocycles. The molecular weight excluding hydrogens is 412 g/mol. The highest BCUT2D eigenvalue weighted by molar-refractivity contribution is 6.31. The molecule has 0 radical (unpaired) electrons. The van der Waals surface area contributed by atoms with Gasteiger partial charge in [-0.25, -0.2) is 4.98 Å². The first-order valence-corrected chi connectivity index (χ1v) is 10.2. The fourth-order valence-electron chi connectivity index (χ4n) is 4.31. The fraction of sp³-hybridized carbons (Fsp3) is 0.450. The summed E-state index contributed by atoms with van der Waals surface area (Å²) in [5.74, 6) is 0.906. The van der Waals surface area contributed by atoms with Crippen LogP contribution in [-0.2, 0) is 15.9 Å². The van der Waals surface area contributed by atoms with Crippen molar-refractivity contribution < 1.29 is 24.1 Å². The van der Waals surface area contributed by atoms with E-state index in [0.717, 1.165) is 17.1 Å². The van der Waals surface area contributed by atoms with Gasteiger partial charge in [0.05, 0.1) is 41.7 Å². The van der Waals surface area contributed by atoms with Gasteiger partial charge in [-0.05, 0) is 18.2 Å². The number of halogens is 1. The van der Waals surface area contributed by atoms with E-state index in [1.165, 1.54) is 0 Å². The molecule has 6 heterocycles. The average molecular weight is 431 g/mol. The Morgan fingerprint density at radius 1 is 1.20 bits per heavy atom. The van der Waals surface area contributed by atoms with E-state index in [9.17, 15) is 5.11 Å². The van der Waals surface area contributed by atoms with Gasteiger partial charge in [-0.1, -0.05) is 11.6 Å². The van der Waals surface area contributed by atoms with Crippen LogP contribution in [0, 0.1) is 0 Å². The molecule has 0 spiro atoms. The second kappa shape index (κ2) is 7.05. The maximum Gasteiger partial charge on any atom is 0.296 e. The van der Waals surface area contributed by atoms with Crippen molar-refractivity contribution in [1.29, 1.82) is 0 Å². The smallest absolute Gasteiger partial charge is 0.296 e. The van der Waals surface area contributed by atoms with Crippen LogP contribution in [0.3, 0.4) is 0 Å². The number of aliphatic hydroxyl groups is 1. The molecule has 2 fully saturated rings. The second-order valence-electron chi connectivity index (χ2n) is 7.75. The zero-order valence-electron chi connectivity index (χ0n) is 15.8. The fourth-order valence-corrected chi connectivity index (χ4v) is 4.54. The van der Waals surface area contributed by atoms with Crippen molar-refractivity contribution >= 4 is 22.8 Å². The van der Waals surface area contributed by atoms with Gasteiger partial charge < -0.3 is 29.0 Å². The zero-order chi connectivity index (χ0) is 20.2. The first-order chi connectivity index (χ1) is 14.7. The number of rotatable bonds is 4.